The number of carboxylic acids is 1. The van der Waals surface area contributed by atoms with Crippen molar-refractivity contribution in [2.45, 2.75) is 0 Å². The maximum absolute atomic E-state index is 10.7. The minimum Gasteiger partial charge on any atom is -0.476 e. The van der Waals surface area contributed by atoms with Crippen LogP contribution >= 0.6 is 0 Å². The summed E-state index contributed by atoms with van der Waals surface area (Å²) in [7, 11) is 0. The third-order valence-corrected chi connectivity index (χ3v) is 2.39. The lowest BCUT2D eigenvalue weighted by Gasteiger charge is -1.93. The van der Waals surface area contributed by atoms with Crippen molar-refractivity contribution < 1.29 is 9.90 Å². The van der Waals surface area contributed by atoms with Gasteiger partial charge in [0.1, 0.15) is 0 Å². The monoisotopic (exact) mass is 228 g/mol. The zero-order valence-corrected chi connectivity index (χ0v) is 8.66. The molecule has 2 heterocycles. The molecule has 2 aromatic heterocycles. The van der Waals surface area contributed by atoms with Gasteiger partial charge in [0.15, 0.2) is 11.5 Å². The molecular formula is C11H8N4O2. The average molecular weight is 228 g/mol. The molecule has 17 heavy (non-hydrogen) atoms. The number of nitrogens with one attached hydrogen (secondary N) is 1. The van der Waals surface area contributed by atoms with Crippen LogP contribution in [0.3, 0.4) is 0 Å². The number of imidazole rings is 1. The van der Waals surface area contributed by atoms with Gasteiger partial charge in [0.2, 0.25) is 0 Å². The number of hydrogen-bond acceptors (Lipinski definition) is 3. The Labute approximate surface area is 95.5 Å². The number of nitrogens with zero attached hydrogens (tertiary/aromatic N) is 3. The van der Waals surface area contributed by atoms with Gasteiger partial charge < -0.3 is 5.11 Å². The minimum absolute atomic E-state index is 0.0247. The molecule has 3 rings (SSSR count). The standard InChI is InChI=1S/C11H8N4O2/c16-10(17)8-6-15-11(12-8)13-9(14-15)7-4-2-1-3-5-7/h1-6H,(H,16,17)(H,12,13,14). The van der Waals surface area contributed by atoms with Crippen LogP contribution in [-0.4, -0.2) is 30.7 Å². The third-order valence-electron chi connectivity index (χ3n) is 2.39. The van der Waals surface area contributed by atoms with Gasteiger partial charge in [0.05, 0.1) is 6.20 Å². The van der Waals surface area contributed by atoms with Crippen LogP contribution in [0.1, 0.15) is 10.5 Å². The highest BCUT2D eigenvalue weighted by Gasteiger charge is 2.12. The molecule has 0 atom stereocenters. The first-order valence-corrected chi connectivity index (χ1v) is 4.98. The molecule has 1 aromatic carbocycles. The van der Waals surface area contributed by atoms with Gasteiger partial charge in [-0.25, -0.2) is 14.3 Å². The van der Waals surface area contributed by atoms with E-state index in [0.717, 1.165) is 5.56 Å². The summed E-state index contributed by atoms with van der Waals surface area (Å²) in [4.78, 5) is 18.8. The predicted octanol–water partition coefficient (Wildman–Crippen LogP) is 1.42. The summed E-state index contributed by atoms with van der Waals surface area (Å²) in [5, 5.41) is 11.7. The van der Waals surface area contributed by atoms with E-state index in [9.17, 15) is 4.79 Å². The predicted molar refractivity (Wildman–Crippen MR) is 59.7 cm³/mol. The summed E-state index contributed by atoms with van der Waals surface area (Å²) in [5.74, 6) is -0.0588. The van der Waals surface area contributed by atoms with Gasteiger partial charge in [-0.3, -0.25) is 5.10 Å². The summed E-state index contributed by atoms with van der Waals surface area (Å²) in [5.41, 5.74) is 0.901. The smallest absolute Gasteiger partial charge is 0.356 e. The molecule has 84 valence electrons. The van der Waals surface area contributed by atoms with Crippen molar-refractivity contribution in [3.8, 4) is 11.4 Å². The van der Waals surface area contributed by atoms with Crippen LogP contribution in [0.25, 0.3) is 17.2 Å². The van der Waals surface area contributed by atoms with Crippen LogP contribution < -0.4 is 0 Å². The number of aromatic nitrogens is 4. The summed E-state index contributed by atoms with van der Waals surface area (Å²) < 4.78 is 1.49. The van der Waals surface area contributed by atoms with Gasteiger partial charge in [0.25, 0.3) is 5.78 Å². The Kier molecular flexibility index (Phi) is 1.94. The zero-order chi connectivity index (χ0) is 11.8. The first kappa shape index (κ1) is 9.59. The Hall–Kier alpha value is -2.63. The van der Waals surface area contributed by atoms with E-state index in [-0.39, 0.29) is 5.69 Å². The van der Waals surface area contributed by atoms with Crippen molar-refractivity contribution >= 4 is 11.7 Å². The maximum Gasteiger partial charge on any atom is 0.356 e. The van der Waals surface area contributed by atoms with E-state index in [1.165, 1.54) is 10.7 Å². The maximum atomic E-state index is 10.7. The van der Waals surface area contributed by atoms with E-state index in [0.29, 0.717) is 11.6 Å². The molecule has 0 aliphatic rings. The van der Waals surface area contributed by atoms with E-state index >= 15 is 0 Å². The molecule has 6 nitrogen and oxygen atoms in total. The number of carboxylic acid groups (broad SMARTS) is 1. The van der Waals surface area contributed by atoms with E-state index in [4.69, 9.17) is 5.11 Å². The van der Waals surface area contributed by atoms with E-state index in [2.05, 4.69) is 15.1 Å². The van der Waals surface area contributed by atoms with Crippen molar-refractivity contribution in [3.05, 3.63) is 42.2 Å². The number of fused-ring (bicyclic) bond motifs is 1. The molecular weight excluding hydrogens is 220 g/mol. The molecule has 0 saturated carbocycles. The molecule has 3 aromatic rings. The quantitative estimate of drug-likeness (QED) is 0.694. The number of carbonyl (C=O) groups is 1. The SMILES string of the molecule is O=C(O)c1cn2[nH]c(-c3ccccc3)nc2n1. The number of rotatable bonds is 2. The molecule has 6 heteroatoms. The van der Waals surface area contributed by atoms with Crippen LogP contribution in [0, 0.1) is 0 Å². The molecule has 0 aliphatic heterocycles. The lowest BCUT2D eigenvalue weighted by Crippen LogP contribution is -1.96. The Bertz CT molecular complexity index is 652. The fraction of sp³-hybridized carbons (Fsp3) is 0. The van der Waals surface area contributed by atoms with E-state index in [1.807, 2.05) is 30.3 Å². The third kappa shape index (κ3) is 1.55. The van der Waals surface area contributed by atoms with Gasteiger partial charge in [-0.05, 0) is 0 Å². The minimum atomic E-state index is -1.06. The Morgan fingerprint density at radius 1 is 1.24 bits per heavy atom. The summed E-state index contributed by atoms with van der Waals surface area (Å²) in [6, 6.07) is 9.55. The fourth-order valence-electron chi connectivity index (χ4n) is 1.60. The number of benzene rings is 1. The highest BCUT2D eigenvalue weighted by atomic mass is 16.4. The van der Waals surface area contributed by atoms with Crippen LogP contribution in [0.15, 0.2) is 36.5 Å². The summed E-state index contributed by atoms with van der Waals surface area (Å²) in [6.07, 6.45) is 1.40. The molecule has 0 bridgehead atoms. The van der Waals surface area contributed by atoms with Gasteiger partial charge in [-0.2, -0.15) is 4.98 Å². The van der Waals surface area contributed by atoms with Crippen molar-refractivity contribution in [2.75, 3.05) is 0 Å². The molecule has 0 unspecified atom stereocenters. The number of H-pyrrole nitrogens is 1. The molecule has 0 amide bonds. The van der Waals surface area contributed by atoms with Gasteiger partial charge in [0, 0.05) is 5.56 Å². The lowest BCUT2D eigenvalue weighted by atomic mass is 10.2. The largest absolute Gasteiger partial charge is 0.476 e. The highest BCUT2D eigenvalue weighted by molar-refractivity contribution is 5.85. The molecule has 0 aliphatic carbocycles. The first-order chi connectivity index (χ1) is 8.24. The van der Waals surface area contributed by atoms with E-state index in [1.54, 1.807) is 0 Å². The summed E-state index contributed by atoms with van der Waals surface area (Å²) >= 11 is 0. The van der Waals surface area contributed by atoms with Crippen LogP contribution in [0.5, 0.6) is 0 Å². The molecule has 0 fully saturated rings. The average Bonchev–Trinajstić information content (AvgIpc) is 2.87. The summed E-state index contributed by atoms with van der Waals surface area (Å²) in [6.45, 7) is 0. The van der Waals surface area contributed by atoms with E-state index < -0.39 is 5.97 Å². The number of aromatic amines is 1. The zero-order valence-electron chi connectivity index (χ0n) is 8.66. The second-order valence-electron chi connectivity index (χ2n) is 3.54. The Balaban J connectivity index is 2.10. The topological polar surface area (TPSA) is 83.3 Å². The Morgan fingerprint density at radius 3 is 2.65 bits per heavy atom. The van der Waals surface area contributed by atoms with Gasteiger partial charge >= 0.3 is 5.97 Å². The lowest BCUT2D eigenvalue weighted by molar-refractivity contribution is 0.0691. The highest BCUT2D eigenvalue weighted by Crippen LogP contribution is 2.15. The molecule has 0 radical (unpaired) electrons. The Morgan fingerprint density at radius 2 is 2.00 bits per heavy atom. The molecule has 2 N–H and O–H groups in total. The van der Waals surface area contributed by atoms with Crippen LogP contribution in [0.2, 0.25) is 0 Å². The number of aromatic carboxylic acids is 1. The fourth-order valence-corrected chi connectivity index (χ4v) is 1.60. The van der Waals surface area contributed by atoms with Crippen molar-refractivity contribution in [3.63, 3.8) is 0 Å². The first-order valence-electron chi connectivity index (χ1n) is 4.98. The van der Waals surface area contributed by atoms with Gasteiger partial charge in [-0.15, -0.1) is 0 Å². The number of hydrogen-bond donors (Lipinski definition) is 2. The molecule has 0 saturated heterocycles. The van der Waals surface area contributed by atoms with Gasteiger partial charge in [-0.1, -0.05) is 30.3 Å². The second kappa shape index (κ2) is 3.44. The van der Waals surface area contributed by atoms with Crippen LogP contribution in [0.4, 0.5) is 0 Å². The normalized spacial score (nSPS) is 10.8. The van der Waals surface area contributed by atoms with Crippen molar-refractivity contribution in [2.24, 2.45) is 0 Å². The second-order valence-corrected chi connectivity index (χ2v) is 3.54. The van der Waals surface area contributed by atoms with Crippen LogP contribution in [-0.2, 0) is 0 Å². The van der Waals surface area contributed by atoms with Crippen molar-refractivity contribution in [1.29, 1.82) is 0 Å². The molecule has 0 spiro atoms. The van der Waals surface area contributed by atoms with Crippen molar-refractivity contribution in [1.82, 2.24) is 19.6 Å².